The van der Waals surface area contributed by atoms with Gasteiger partial charge in [-0.05, 0) is 6.42 Å². The van der Waals surface area contributed by atoms with Crippen molar-refractivity contribution in [1.29, 1.82) is 5.41 Å². The zero-order chi connectivity index (χ0) is 5.86. The Balaban J connectivity index is 3.34. The molecule has 0 fully saturated rings. The van der Waals surface area contributed by atoms with Gasteiger partial charge in [-0.2, -0.15) is 0 Å². The minimum Gasteiger partial charge on any atom is -0.386 e. The Morgan fingerprint density at radius 2 is 2.29 bits per heavy atom. The average molecular weight is 101 g/mol. The minimum absolute atomic E-state index is 0.0718. The van der Waals surface area contributed by atoms with Crippen LogP contribution in [-0.4, -0.2) is 11.9 Å². The molecule has 0 saturated carbocycles. The second kappa shape index (κ2) is 2.58. The number of amidine groups is 1. The number of nitrogens with two attached hydrogens (primary N) is 2. The fraction of sp³-hybridized carbons (Fsp3) is 0.750. The molecule has 0 aliphatic carbocycles. The third kappa shape index (κ3) is 2.17. The molecule has 0 saturated heterocycles. The van der Waals surface area contributed by atoms with Gasteiger partial charge in [-0.1, -0.05) is 6.92 Å². The van der Waals surface area contributed by atoms with Gasteiger partial charge in [-0.25, -0.2) is 0 Å². The van der Waals surface area contributed by atoms with Crippen LogP contribution in [0.15, 0.2) is 0 Å². The maximum absolute atomic E-state index is 6.75. The summed E-state index contributed by atoms with van der Waals surface area (Å²) >= 11 is 0. The summed E-state index contributed by atoms with van der Waals surface area (Å²) in [4.78, 5) is 0. The summed E-state index contributed by atoms with van der Waals surface area (Å²) in [5, 5.41) is 6.75. The van der Waals surface area contributed by atoms with Crippen molar-refractivity contribution in [2.45, 2.75) is 19.4 Å². The molecule has 0 unspecified atom stereocenters. The summed E-state index contributed by atoms with van der Waals surface area (Å²) < 4.78 is 0. The van der Waals surface area contributed by atoms with Crippen LogP contribution in [0.25, 0.3) is 0 Å². The van der Waals surface area contributed by atoms with Gasteiger partial charge in [0.1, 0.15) is 5.84 Å². The summed E-state index contributed by atoms with van der Waals surface area (Å²) in [5.41, 5.74) is 10.3. The Bertz CT molecular complexity index is 69.3. The number of hydrogen-bond donors (Lipinski definition) is 3. The molecular formula is C4H11N3. The normalized spacial score (nSPS) is 13.4. The molecule has 0 amide bonds. The van der Waals surface area contributed by atoms with Crippen LogP contribution in [-0.2, 0) is 0 Å². The maximum atomic E-state index is 6.75. The summed E-state index contributed by atoms with van der Waals surface area (Å²) in [6, 6.07) is -0.236. The van der Waals surface area contributed by atoms with E-state index in [2.05, 4.69) is 0 Å². The van der Waals surface area contributed by atoms with Crippen molar-refractivity contribution >= 4 is 5.84 Å². The van der Waals surface area contributed by atoms with Crippen LogP contribution in [0.3, 0.4) is 0 Å². The fourth-order valence-corrected chi connectivity index (χ4v) is 0.220. The molecule has 0 aliphatic rings. The Kier molecular flexibility index (Phi) is 2.37. The van der Waals surface area contributed by atoms with Crippen molar-refractivity contribution in [2.75, 3.05) is 0 Å². The topological polar surface area (TPSA) is 75.9 Å². The van der Waals surface area contributed by atoms with Gasteiger partial charge in [0.2, 0.25) is 0 Å². The molecule has 0 aromatic carbocycles. The van der Waals surface area contributed by atoms with E-state index in [-0.39, 0.29) is 11.9 Å². The van der Waals surface area contributed by atoms with Crippen LogP contribution in [0.4, 0.5) is 0 Å². The van der Waals surface area contributed by atoms with Crippen LogP contribution < -0.4 is 11.5 Å². The summed E-state index contributed by atoms with van der Waals surface area (Å²) in [6.45, 7) is 1.89. The van der Waals surface area contributed by atoms with Crippen LogP contribution >= 0.6 is 0 Å². The number of nitrogens with one attached hydrogen (secondary N) is 1. The van der Waals surface area contributed by atoms with E-state index in [0.717, 1.165) is 6.42 Å². The van der Waals surface area contributed by atoms with Gasteiger partial charge >= 0.3 is 0 Å². The number of hydrogen-bond acceptors (Lipinski definition) is 2. The van der Waals surface area contributed by atoms with E-state index < -0.39 is 0 Å². The van der Waals surface area contributed by atoms with E-state index in [4.69, 9.17) is 16.9 Å². The highest BCUT2D eigenvalue weighted by atomic mass is 14.8. The second-order valence-electron chi connectivity index (χ2n) is 1.47. The summed E-state index contributed by atoms with van der Waals surface area (Å²) in [5.74, 6) is 0.0718. The molecule has 0 radical (unpaired) electrons. The van der Waals surface area contributed by atoms with E-state index in [1.165, 1.54) is 0 Å². The fourth-order valence-electron chi connectivity index (χ4n) is 0.220. The predicted octanol–water partition coefficient (Wildman–Crippen LogP) is -0.340. The van der Waals surface area contributed by atoms with Gasteiger partial charge in [0, 0.05) is 0 Å². The predicted molar refractivity (Wildman–Crippen MR) is 30.2 cm³/mol. The Hall–Kier alpha value is -0.570. The van der Waals surface area contributed by atoms with Crippen molar-refractivity contribution in [3.8, 4) is 0 Å². The first-order chi connectivity index (χ1) is 3.18. The second-order valence-corrected chi connectivity index (χ2v) is 1.47. The van der Waals surface area contributed by atoms with E-state index in [9.17, 15) is 0 Å². The first-order valence-corrected chi connectivity index (χ1v) is 2.28. The molecule has 0 aromatic rings. The van der Waals surface area contributed by atoms with Crippen LogP contribution in [0.1, 0.15) is 13.3 Å². The molecule has 3 nitrogen and oxygen atoms in total. The Labute approximate surface area is 43.2 Å². The quantitative estimate of drug-likeness (QED) is 0.329. The smallest absolute Gasteiger partial charge is 0.108 e. The largest absolute Gasteiger partial charge is 0.386 e. The molecule has 42 valence electrons. The molecule has 7 heavy (non-hydrogen) atoms. The van der Waals surface area contributed by atoms with Gasteiger partial charge < -0.3 is 11.5 Å². The van der Waals surface area contributed by atoms with Gasteiger partial charge in [0.05, 0.1) is 6.04 Å². The highest BCUT2D eigenvalue weighted by Crippen LogP contribution is 1.80. The zero-order valence-corrected chi connectivity index (χ0v) is 4.44. The Morgan fingerprint density at radius 1 is 1.86 bits per heavy atom. The van der Waals surface area contributed by atoms with Crippen LogP contribution in [0.2, 0.25) is 0 Å². The van der Waals surface area contributed by atoms with Crippen LogP contribution in [0.5, 0.6) is 0 Å². The summed E-state index contributed by atoms with van der Waals surface area (Å²) in [6.07, 6.45) is 0.745. The van der Waals surface area contributed by atoms with E-state index in [0.29, 0.717) is 0 Å². The van der Waals surface area contributed by atoms with Gasteiger partial charge in [-0.15, -0.1) is 0 Å². The first-order valence-electron chi connectivity index (χ1n) is 2.28. The van der Waals surface area contributed by atoms with Crippen molar-refractivity contribution in [1.82, 2.24) is 0 Å². The molecule has 3 heteroatoms. The number of rotatable bonds is 2. The molecule has 0 aromatic heterocycles. The molecule has 5 N–H and O–H groups in total. The average Bonchev–Trinajstić information content (AvgIpc) is 1.65. The van der Waals surface area contributed by atoms with Crippen molar-refractivity contribution in [2.24, 2.45) is 11.5 Å². The molecule has 0 spiro atoms. The monoisotopic (exact) mass is 101 g/mol. The lowest BCUT2D eigenvalue weighted by Crippen LogP contribution is -2.34. The highest BCUT2D eigenvalue weighted by molar-refractivity contribution is 5.82. The van der Waals surface area contributed by atoms with Crippen molar-refractivity contribution in [3.05, 3.63) is 0 Å². The molecule has 0 bridgehead atoms. The van der Waals surface area contributed by atoms with Crippen LogP contribution in [0, 0.1) is 5.41 Å². The molecule has 0 rings (SSSR count). The third-order valence-corrected chi connectivity index (χ3v) is 0.839. The van der Waals surface area contributed by atoms with Crippen molar-refractivity contribution < 1.29 is 0 Å². The lowest BCUT2D eigenvalue weighted by atomic mass is 10.2. The van der Waals surface area contributed by atoms with Gasteiger partial charge in [-0.3, -0.25) is 5.41 Å². The van der Waals surface area contributed by atoms with Gasteiger partial charge in [0.25, 0.3) is 0 Å². The molecular weight excluding hydrogens is 90.1 g/mol. The van der Waals surface area contributed by atoms with Gasteiger partial charge in [0.15, 0.2) is 0 Å². The van der Waals surface area contributed by atoms with Crippen molar-refractivity contribution in [3.63, 3.8) is 0 Å². The molecule has 0 heterocycles. The van der Waals surface area contributed by atoms with E-state index in [1.807, 2.05) is 6.92 Å². The lowest BCUT2D eigenvalue weighted by Gasteiger charge is -2.02. The summed E-state index contributed by atoms with van der Waals surface area (Å²) in [7, 11) is 0. The SMILES string of the molecule is CC[C@H](N)C(=N)N. The molecule has 1 atom stereocenters. The third-order valence-electron chi connectivity index (χ3n) is 0.839. The zero-order valence-electron chi connectivity index (χ0n) is 4.44. The van der Waals surface area contributed by atoms with E-state index in [1.54, 1.807) is 0 Å². The standard InChI is InChI=1S/C4H11N3/c1-2-3(5)4(6)7/h3H,2,5H2,1H3,(H3,6,7)/t3-/m0/s1. The minimum atomic E-state index is -0.236. The maximum Gasteiger partial charge on any atom is 0.108 e. The van der Waals surface area contributed by atoms with E-state index >= 15 is 0 Å². The molecule has 0 aliphatic heterocycles. The highest BCUT2D eigenvalue weighted by Gasteiger charge is 1.98. The Morgan fingerprint density at radius 3 is 2.29 bits per heavy atom. The first kappa shape index (κ1) is 6.43. The lowest BCUT2D eigenvalue weighted by molar-refractivity contribution is 0.807.